The number of aromatic nitrogens is 1. The molecule has 7 heteroatoms. The van der Waals surface area contributed by atoms with Gasteiger partial charge in [-0.1, -0.05) is 49.4 Å². The van der Waals surface area contributed by atoms with Gasteiger partial charge in [-0.2, -0.15) is 5.26 Å². The van der Waals surface area contributed by atoms with E-state index in [2.05, 4.69) is 29.0 Å². The predicted molar refractivity (Wildman–Crippen MR) is 171 cm³/mol. The molecule has 1 amide bonds. The van der Waals surface area contributed by atoms with Crippen LogP contribution in [-0.2, 0) is 4.79 Å². The van der Waals surface area contributed by atoms with Crippen molar-refractivity contribution in [1.82, 2.24) is 15.2 Å². The van der Waals surface area contributed by atoms with Gasteiger partial charge < -0.3 is 20.9 Å². The molecule has 41 heavy (non-hydrogen) atoms. The van der Waals surface area contributed by atoms with Crippen LogP contribution in [0.4, 0.5) is 5.82 Å². The second-order valence-corrected chi connectivity index (χ2v) is 10.5. The number of terminal acetylenes is 1. The highest BCUT2D eigenvalue weighted by Crippen LogP contribution is 2.45. The Labute approximate surface area is 247 Å². The van der Waals surface area contributed by atoms with Crippen LogP contribution in [0.1, 0.15) is 62.3 Å². The topological polar surface area (TPSA) is 105 Å². The molecule has 1 saturated carbocycles. The van der Waals surface area contributed by atoms with Gasteiger partial charge in [0.1, 0.15) is 11.4 Å². The summed E-state index contributed by atoms with van der Waals surface area (Å²) in [5, 5.41) is 24.4. The number of carbonyl (C=O) groups is 1. The van der Waals surface area contributed by atoms with Crippen LogP contribution in [0, 0.1) is 34.5 Å². The van der Waals surface area contributed by atoms with Crippen LogP contribution in [-0.4, -0.2) is 39.6 Å². The molecular weight excluding hydrogens is 508 g/mol. The Hall–Kier alpha value is -4.62. The number of amides is 1. The van der Waals surface area contributed by atoms with Gasteiger partial charge in [0, 0.05) is 26.2 Å². The Balaban J connectivity index is 0.00000177. The molecular formula is C34H44N6O. The number of nitrogens with one attached hydrogen (secondary N) is 3. The number of pyridine rings is 1. The summed E-state index contributed by atoms with van der Waals surface area (Å²) in [4.78, 5) is 20.2. The average Bonchev–Trinajstić information content (AvgIpc) is 3.68. The van der Waals surface area contributed by atoms with Crippen molar-refractivity contribution in [2.24, 2.45) is 5.41 Å². The van der Waals surface area contributed by atoms with Gasteiger partial charge in [-0.15, -0.1) is 12.3 Å². The SMILES string of the molecule is C#CC.C/C=C\C(=N)c1cccc(-c2cccc(N/C(=C\C)[C@H](CC)NC(=O)C3(C)C=CN(C4(C#N)CC4)C3)n2)c1.[HH].[HH]. The molecule has 1 aliphatic carbocycles. The Morgan fingerprint density at radius 1 is 1.29 bits per heavy atom. The van der Waals surface area contributed by atoms with Crippen molar-refractivity contribution in [2.45, 2.75) is 65.5 Å². The monoisotopic (exact) mass is 552 g/mol. The molecule has 1 unspecified atom stereocenters. The van der Waals surface area contributed by atoms with Crippen LogP contribution >= 0.6 is 0 Å². The molecule has 3 N–H and O–H groups in total. The van der Waals surface area contributed by atoms with Crippen molar-refractivity contribution >= 4 is 17.4 Å². The first kappa shape index (κ1) is 30.9. The van der Waals surface area contributed by atoms with Crippen molar-refractivity contribution in [1.29, 1.82) is 10.7 Å². The van der Waals surface area contributed by atoms with Crippen LogP contribution < -0.4 is 10.6 Å². The number of rotatable bonds is 10. The zero-order valence-corrected chi connectivity index (χ0v) is 24.7. The first-order valence-electron chi connectivity index (χ1n) is 14.0. The molecule has 1 aromatic heterocycles. The lowest BCUT2D eigenvalue weighted by atomic mass is 9.90. The van der Waals surface area contributed by atoms with E-state index in [1.807, 2.05) is 99.5 Å². The molecule has 0 saturated heterocycles. The highest BCUT2D eigenvalue weighted by atomic mass is 16.2. The molecule has 1 aliphatic heterocycles. The van der Waals surface area contributed by atoms with Crippen molar-refractivity contribution in [3.05, 3.63) is 84.2 Å². The second kappa shape index (κ2) is 13.6. The largest absolute Gasteiger partial charge is 0.358 e. The molecule has 1 fully saturated rings. The maximum Gasteiger partial charge on any atom is 0.232 e. The number of carbonyl (C=O) groups excluding carboxylic acids is 1. The zero-order valence-electron chi connectivity index (χ0n) is 24.7. The van der Waals surface area contributed by atoms with Crippen LogP contribution in [0.5, 0.6) is 0 Å². The van der Waals surface area contributed by atoms with Crippen molar-refractivity contribution < 1.29 is 7.65 Å². The summed E-state index contributed by atoms with van der Waals surface area (Å²) in [6, 6.07) is 15.8. The van der Waals surface area contributed by atoms with E-state index in [0.717, 1.165) is 35.4 Å². The van der Waals surface area contributed by atoms with Gasteiger partial charge in [-0.05, 0) is 77.4 Å². The summed E-state index contributed by atoms with van der Waals surface area (Å²) < 4.78 is 0. The average molecular weight is 553 g/mol. The fourth-order valence-electron chi connectivity index (χ4n) is 4.74. The number of nitriles is 1. The van der Waals surface area contributed by atoms with Gasteiger partial charge >= 0.3 is 0 Å². The van der Waals surface area contributed by atoms with Crippen LogP contribution in [0.25, 0.3) is 11.3 Å². The molecule has 2 aromatic rings. The lowest BCUT2D eigenvalue weighted by molar-refractivity contribution is -0.128. The standard InChI is InChI=1S/C31H36N6O.C3H4.2H2/c1-5-10-24(33)22-11-8-12-23(19-22)27-13-9-14-28(35-27)34-25(6-2)26(7-3)36-29(38)30(4)17-18-37(21-30)31(20-32)15-16-31;1-3-2;;/h5-6,8-14,17-19,26,33H,7,15-16,21H2,1-4H3,(H,34,35)(H,36,38);1H,2H3;2*1H/b10-5-,25-6-,33-24?;;;/t26-,30?;;;/m0.../s1. The Bertz CT molecular complexity index is 1450. The van der Waals surface area contributed by atoms with Gasteiger partial charge in [0.2, 0.25) is 5.91 Å². The molecule has 0 spiro atoms. The minimum absolute atomic E-state index is 0. The van der Waals surface area contributed by atoms with Crippen LogP contribution in [0.2, 0.25) is 0 Å². The minimum Gasteiger partial charge on any atom is -0.358 e. The number of allylic oxidation sites excluding steroid dienone is 3. The fraction of sp³-hybridized carbons (Fsp3) is 0.353. The Kier molecular flexibility index (Phi) is 10.3. The summed E-state index contributed by atoms with van der Waals surface area (Å²) in [5.41, 5.74) is 2.76. The molecule has 1 aromatic carbocycles. The van der Waals surface area contributed by atoms with Gasteiger partial charge in [-0.3, -0.25) is 4.79 Å². The van der Waals surface area contributed by atoms with E-state index >= 15 is 0 Å². The normalized spacial score (nSPS) is 19.4. The number of hydrogen-bond acceptors (Lipinski definition) is 6. The summed E-state index contributed by atoms with van der Waals surface area (Å²) in [5.74, 6) is 2.88. The van der Waals surface area contributed by atoms with E-state index in [1.54, 1.807) is 13.0 Å². The molecule has 4 rings (SSSR count). The third-order valence-corrected chi connectivity index (χ3v) is 7.35. The fourth-order valence-corrected chi connectivity index (χ4v) is 4.74. The van der Waals surface area contributed by atoms with E-state index in [4.69, 9.17) is 10.4 Å². The van der Waals surface area contributed by atoms with Crippen LogP contribution in [0.15, 0.2) is 78.7 Å². The van der Waals surface area contributed by atoms with Crippen molar-refractivity contribution in [3.63, 3.8) is 0 Å². The Morgan fingerprint density at radius 2 is 2.00 bits per heavy atom. The molecule has 0 radical (unpaired) electrons. The number of hydrogen-bond donors (Lipinski definition) is 3. The van der Waals surface area contributed by atoms with Gasteiger partial charge in [-0.25, -0.2) is 4.98 Å². The highest BCUT2D eigenvalue weighted by Gasteiger charge is 2.52. The third kappa shape index (κ3) is 7.32. The van der Waals surface area contributed by atoms with Crippen molar-refractivity contribution in [2.75, 3.05) is 11.9 Å². The molecule has 216 valence electrons. The molecule has 7 nitrogen and oxygen atoms in total. The lowest BCUT2D eigenvalue weighted by Gasteiger charge is -2.30. The highest BCUT2D eigenvalue weighted by molar-refractivity contribution is 6.07. The van der Waals surface area contributed by atoms with Crippen molar-refractivity contribution in [3.8, 4) is 29.7 Å². The lowest BCUT2D eigenvalue weighted by Crippen LogP contribution is -2.48. The molecule has 2 atom stereocenters. The van der Waals surface area contributed by atoms with E-state index in [-0.39, 0.29) is 14.8 Å². The van der Waals surface area contributed by atoms with E-state index in [0.29, 0.717) is 24.5 Å². The maximum absolute atomic E-state index is 13.4. The summed E-state index contributed by atoms with van der Waals surface area (Å²) >= 11 is 0. The summed E-state index contributed by atoms with van der Waals surface area (Å²) in [7, 11) is 0. The van der Waals surface area contributed by atoms with Gasteiger partial charge in [0.25, 0.3) is 0 Å². The first-order chi connectivity index (χ1) is 19.7. The number of anilines is 1. The summed E-state index contributed by atoms with van der Waals surface area (Å²) in [6.07, 6.45) is 16.4. The van der Waals surface area contributed by atoms with Gasteiger partial charge in [0.15, 0.2) is 0 Å². The zero-order chi connectivity index (χ0) is 30.0. The predicted octanol–water partition coefficient (Wildman–Crippen LogP) is 6.93. The van der Waals surface area contributed by atoms with E-state index < -0.39 is 11.0 Å². The quantitative estimate of drug-likeness (QED) is 0.219. The van der Waals surface area contributed by atoms with Gasteiger partial charge in [0.05, 0.1) is 28.9 Å². The smallest absolute Gasteiger partial charge is 0.232 e. The van der Waals surface area contributed by atoms with Crippen LogP contribution in [0.3, 0.4) is 0 Å². The summed E-state index contributed by atoms with van der Waals surface area (Å²) in [6.45, 7) is 9.98. The molecule has 0 bridgehead atoms. The molecule has 2 aliphatic rings. The van der Waals surface area contributed by atoms with E-state index in [1.165, 1.54) is 0 Å². The number of benzene rings is 1. The second-order valence-electron chi connectivity index (χ2n) is 10.5. The maximum atomic E-state index is 13.4. The van der Waals surface area contributed by atoms with E-state index in [9.17, 15) is 10.1 Å². The first-order valence-corrected chi connectivity index (χ1v) is 14.0. The Morgan fingerprint density at radius 3 is 2.61 bits per heavy atom. The minimum atomic E-state index is -0.692. The number of nitrogens with zero attached hydrogens (tertiary/aromatic N) is 3. The molecule has 2 heterocycles. The third-order valence-electron chi connectivity index (χ3n) is 7.35.